The van der Waals surface area contributed by atoms with Crippen molar-refractivity contribution in [1.29, 1.82) is 0 Å². The van der Waals surface area contributed by atoms with Crippen LogP contribution in [0.15, 0.2) is 28.8 Å². The molecule has 0 aliphatic rings. The van der Waals surface area contributed by atoms with Crippen LogP contribution in [0.4, 0.5) is 18.0 Å². The Bertz CT molecular complexity index is 667. The average molecular weight is 328 g/mol. The molecular formula is C14H15F3N4O2. The van der Waals surface area contributed by atoms with Gasteiger partial charge in [-0.05, 0) is 12.5 Å². The van der Waals surface area contributed by atoms with E-state index in [1.54, 1.807) is 31.3 Å². The molecule has 0 unspecified atom stereocenters. The van der Waals surface area contributed by atoms with E-state index < -0.39 is 12.1 Å². The SMILES string of the molecule is CCN(C)C(=O)NCc1ccc(-c2noc(C(F)(F)F)n2)cc1. The van der Waals surface area contributed by atoms with Crippen molar-refractivity contribution in [2.24, 2.45) is 0 Å². The van der Waals surface area contributed by atoms with Gasteiger partial charge in [-0.15, -0.1) is 0 Å². The lowest BCUT2D eigenvalue weighted by Crippen LogP contribution is -2.36. The minimum absolute atomic E-state index is 0.140. The summed E-state index contributed by atoms with van der Waals surface area (Å²) in [6, 6.07) is 6.27. The Morgan fingerprint density at radius 1 is 1.30 bits per heavy atom. The van der Waals surface area contributed by atoms with Crippen LogP contribution in [-0.2, 0) is 12.7 Å². The Balaban J connectivity index is 2.02. The zero-order valence-electron chi connectivity index (χ0n) is 12.5. The lowest BCUT2D eigenvalue weighted by Gasteiger charge is -2.15. The number of nitrogens with zero attached hydrogens (tertiary/aromatic N) is 3. The van der Waals surface area contributed by atoms with Crippen molar-refractivity contribution in [3.63, 3.8) is 0 Å². The third-order valence-electron chi connectivity index (χ3n) is 3.15. The molecule has 1 N–H and O–H groups in total. The molecular weight excluding hydrogens is 313 g/mol. The van der Waals surface area contributed by atoms with Gasteiger partial charge in [0.15, 0.2) is 0 Å². The van der Waals surface area contributed by atoms with Gasteiger partial charge in [0.1, 0.15) is 0 Å². The van der Waals surface area contributed by atoms with Gasteiger partial charge >= 0.3 is 18.1 Å². The number of amides is 2. The lowest BCUT2D eigenvalue weighted by atomic mass is 10.1. The van der Waals surface area contributed by atoms with Gasteiger partial charge in [-0.1, -0.05) is 29.4 Å². The summed E-state index contributed by atoms with van der Waals surface area (Å²) < 4.78 is 41.4. The molecule has 0 radical (unpaired) electrons. The molecule has 6 nitrogen and oxygen atoms in total. The van der Waals surface area contributed by atoms with E-state index in [4.69, 9.17) is 0 Å². The van der Waals surface area contributed by atoms with Gasteiger partial charge in [0, 0.05) is 25.7 Å². The van der Waals surface area contributed by atoms with E-state index >= 15 is 0 Å². The number of urea groups is 1. The number of halogens is 3. The Labute approximate surface area is 130 Å². The van der Waals surface area contributed by atoms with Crippen molar-refractivity contribution in [3.05, 3.63) is 35.7 Å². The molecule has 2 aromatic rings. The Hall–Kier alpha value is -2.58. The van der Waals surface area contributed by atoms with Crippen molar-refractivity contribution in [2.45, 2.75) is 19.6 Å². The van der Waals surface area contributed by atoms with Gasteiger partial charge in [-0.2, -0.15) is 18.2 Å². The molecule has 0 bridgehead atoms. The number of alkyl halides is 3. The first-order valence-electron chi connectivity index (χ1n) is 6.80. The first-order valence-corrected chi connectivity index (χ1v) is 6.80. The minimum Gasteiger partial charge on any atom is -0.334 e. The monoisotopic (exact) mass is 328 g/mol. The molecule has 1 aromatic carbocycles. The maximum Gasteiger partial charge on any atom is 0.471 e. The molecule has 0 aliphatic carbocycles. The van der Waals surface area contributed by atoms with Gasteiger partial charge in [0.05, 0.1) is 0 Å². The topological polar surface area (TPSA) is 71.3 Å². The highest BCUT2D eigenvalue weighted by Gasteiger charge is 2.38. The van der Waals surface area contributed by atoms with Crippen molar-refractivity contribution in [2.75, 3.05) is 13.6 Å². The highest BCUT2D eigenvalue weighted by molar-refractivity contribution is 5.73. The summed E-state index contributed by atoms with van der Waals surface area (Å²) in [5, 5.41) is 6.03. The number of aromatic nitrogens is 2. The van der Waals surface area contributed by atoms with Crippen LogP contribution >= 0.6 is 0 Å². The van der Waals surface area contributed by atoms with E-state index in [0.29, 0.717) is 18.7 Å². The summed E-state index contributed by atoms with van der Waals surface area (Å²) >= 11 is 0. The van der Waals surface area contributed by atoms with Gasteiger partial charge in [-0.25, -0.2) is 4.79 Å². The molecule has 23 heavy (non-hydrogen) atoms. The molecule has 0 aliphatic heterocycles. The number of carbonyl (C=O) groups excluding carboxylic acids is 1. The second-order valence-electron chi connectivity index (χ2n) is 4.79. The summed E-state index contributed by atoms with van der Waals surface area (Å²) in [4.78, 5) is 16.4. The molecule has 0 saturated carbocycles. The van der Waals surface area contributed by atoms with E-state index in [0.717, 1.165) is 5.56 Å². The Morgan fingerprint density at radius 2 is 1.96 bits per heavy atom. The molecule has 9 heteroatoms. The van der Waals surface area contributed by atoms with Crippen LogP contribution in [-0.4, -0.2) is 34.7 Å². The fraction of sp³-hybridized carbons (Fsp3) is 0.357. The number of benzene rings is 1. The van der Waals surface area contributed by atoms with Crippen LogP contribution < -0.4 is 5.32 Å². The standard InChI is InChI=1S/C14H15F3N4O2/c1-3-21(2)13(22)18-8-9-4-6-10(7-5-9)11-19-12(23-20-11)14(15,16)17/h4-7H,3,8H2,1-2H3,(H,18,22). The maximum absolute atomic E-state index is 12.4. The number of hydrogen-bond acceptors (Lipinski definition) is 4. The van der Waals surface area contributed by atoms with E-state index in [-0.39, 0.29) is 11.9 Å². The number of carbonyl (C=O) groups is 1. The summed E-state index contributed by atoms with van der Waals surface area (Å²) in [6.45, 7) is 2.75. The Kier molecular flexibility index (Phi) is 4.87. The second kappa shape index (κ2) is 6.67. The summed E-state index contributed by atoms with van der Waals surface area (Å²) in [5.74, 6) is -1.52. The third-order valence-corrected chi connectivity index (χ3v) is 3.15. The maximum atomic E-state index is 12.4. The average Bonchev–Trinajstić information content (AvgIpc) is 3.02. The zero-order valence-corrected chi connectivity index (χ0v) is 12.5. The molecule has 2 rings (SSSR count). The van der Waals surface area contributed by atoms with Gasteiger partial charge < -0.3 is 14.7 Å². The highest BCUT2D eigenvalue weighted by Crippen LogP contribution is 2.29. The van der Waals surface area contributed by atoms with Crippen molar-refractivity contribution >= 4 is 6.03 Å². The van der Waals surface area contributed by atoms with E-state index in [1.807, 2.05) is 6.92 Å². The van der Waals surface area contributed by atoms with Crippen LogP contribution in [0.3, 0.4) is 0 Å². The van der Waals surface area contributed by atoms with Gasteiger partial charge in [0.25, 0.3) is 0 Å². The third kappa shape index (κ3) is 4.21. The van der Waals surface area contributed by atoms with Crippen LogP contribution in [0, 0.1) is 0 Å². The van der Waals surface area contributed by atoms with E-state index in [1.165, 1.54) is 4.90 Å². The summed E-state index contributed by atoms with van der Waals surface area (Å²) in [5.41, 5.74) is 1.19. The molecule has 0 atom stereocenters. The van der Waals surface area contributed by atoms with Crippen LogP contribution in [0.5, 0.6) is 0 Å². The first-order chi connectivity index (χ1) is 10.8. The van der Waals surface area contributed by atoms with Crippen LogP contribution in [0.2, 0.25) is 0 Å². The van der Waals surface area contributed by atoms with E-state index in [2.05, 4.69) is 20.0 Å². The fourth-order valence-corrected chi connectivity index (χ4v) is 1.68. The first kappa shape index (κ1) is 16.8. The highest BCUT2D eigenvalue weighted by atomic mass is 19.4. The predicted octanol–water partition coefficient (Wildman–Crippen LogP) is 2.92. The van der Waals surface area contributed by atoms with Crippen LogP contribution in [0.1, 0.15) is 18.4 Å². The van der Waals surface area contributed by atoms with Crippen molar-refractivity contribution < 1.29 is 22.5 Å². The van der Waals surface area contributed by atoms with E-state index in [9.17, 15) is 18.0 Å². The lowest BCUT2D eigenvalue weighted by molar-refractivity contribution is -0.159. The van der Waals surface area contributed by atoms with Crippen molar-refractivity contribution in [3.8, 4) is 11.4 Å². The van der Waals surface area contributed by atoms with Crippen LogP contribution in [0.25, 0.3) is 11.4 Å². The predicted molar refractivity (Wildman–Crippen MR) is 75.3 cm³/mol. The molecule has 124 valence electrons. The minimum atomic E-state index is -4.67. The number of hydrogen-bond donors (Lipinski definition) is 1. The zero-order chi connectivity index (χ0) is 17.0. The largest absolute Gasteiger partial charge is 0.471 e. The molecule has 0 spiro atoms. The smallest absolute Gasteiger partial charge is 0.334 e. The Morgan fingerprint density at radius 3 is 2.48 bits per heavy atom. The fourth-order valence-electron chi connectivity index (χ4n) is 1.68. The quantitative estimate of drug-likeness (QED) is 0.937. The van der Waals surface area contributed by atoms with Gasteiger partial charge in [0.2, 0.25) is 5.82 Å². The summed E-state index contributed by atoms with van der Waals surface area (Å²) in [6.07, 6.45) is -4.67. The van der Waals surface area contributed by atoms with Gasteiger partial charge in [-0.3, -0.25) is 0 Å². The second-order valence-corrected chi connectivity index (χ2v) is 4.79. The number of nitrogens with one attached hydrogen (secondary N) is 1. The normalized spacial score (nSPS) is 11.3. The molecule has 2 amide bonds. The molecule has 1 aromatic heterocycles. The number of rotatable bonds is 4. The molecule has 0 fully saturated rings. The molecule has 0 saturated heterocycles. The molecule has 1 heterocycles. The van der Waals surface area contributed by atoms with Crippen molar-refractivity contribution in [1.82, 2.24) is 20.4 Å². The summed E-state index contributed by atoms with van der Waals surface area (Å²) in [7, 11) is 1.67.